The van der Waals surface area contributed by atoms with Crippen molar-refractivity contribution in [1.29, 1.82) is 0 Å². The molecule has 4 saturated carbocycles. The molecule has 0 saturated heterocycles. The first kappa shape index (κ1) is 32.5. The van der Waals surface area contributed by atoms with Crippen molar-refractivity contribution >= 4 is 17.9 Å². The first-order valence-corrected chi connectivity index (χ1v) is 17.1. The molecule has 0 bridgehead atoms. The van der Waals surface area contributed by atoms with Gasteiger partial charge in [-0.05, 0) is 104 Å². The molecule has 6 nitrogen and oxygen atoms in total. The lowest BCUT2D eigenvalue weighted by Gasteiger charge is -2.71. The van der Waals surface area contributed by atoms with Crippen molar-refractivity contribution < 1.29 is 28.6 Å². The molecular formula is C37H58O6. The van der Waals surface area contributed by atoms with Crippen molar-refractivity contribution in [2.75, 3.05) is 6.61 Å². The molecule has 0 spiro atoms. The fourth-order valence-electron chi connectivity index (χ4n) is 11.8. The Hall–Kier alpha value is -1.85. The Morgan fingerprint density at radius 1 is 0.837 bits per heavy atom. The molecule has 0 N–H and O–H groups in total. The monoisotopic (exact) mass is 598 g/mol. The molecule has 9 atom stereocenters. The minimum atomic E-state index is -0.468. The maximum atomic E-state index is 13.9. The molecule has 4 fully saturated rings. The standard InChI is InChI=1S/C37H58O6/c1-11-20-41-31(40)37-18-16-32(4,5)21-26(37)25-12-13-29-34(8)22-27(42-23(2)38)30(43-24(3)39)33(6,7)28(34)14-15-36(29,10)35(25,9)17-19-37/h12,26-30H,11,13-22H2,1-10H3/t26-,27-,28-,29-,30-,34-,35+,36-,37-/m0/s1. The Labute approximate surface area is 260 Å². The van der Waals surface area contributed by atoms with Gasteiger partial charge in [0.15, 0.2) is 0 Å². The van der Waals surface area contributed by atoms with E-state index < -0.39 is 17.6 Å². The maximum absolute atomic E-state index is 13.9. The fourth-order valence-corrected chi connectivity index (χ4v) is 11.8. The number of fused-ring (bicyclic) bond motifs is 7. The first-order valence-electron chi connectivity index (χ1n) is 17.1. The maximum Gasteiger partial charge on any atom is 0.312 e. The van der Waals surface area contributed by atoms with Gasteiger partial charge >= 0.3 is 17.9 Å². The quantitative estimate of drug-likeness (QED) is 0.180. The van der Waals surface area contributed by atoms with E-state index in [0.29, 0.717) is 24.9 Å². The van der Waals surface area contributed by atoms with Gasteiger partial charge in [-0.1, -0.05) is 67.0 Å². The van der Waals surface area contributed by atoms with Crippen LogP contribution >= 0.6 is 0 Å². The summed E-state index contributed by atoms with van der Waals surface area (Å²) >= 11 is 0. The molecular weight excluding hydrogens is 540 g/mol. The van der Waals surface area contributed by atoms with Gasteiger partial charge in [0.2, 0.25) is 0 Å². The minimum absolute atomic E-state index is 0.0235. The molecule has 0 amide bonds. The van der Waals surface area contributed by atoms with Gasteiger partial charge in [0.05, 0.1) is 12.0 Å². The number of esters is 3. The van der Waals surface area contributed by atoms with E-state index in [0.717, 1.165) is 57.8 Å². The summed E-state index contributed by atoms with van der Waals surface area (Å²) in [4.78, 5) is 38.5. The average Bonchev–Trinajstić information content (AvgIpc) is 2.89. The third-order valence-electron chi connectivity index (χ3n) is 14.0. The normalized spacial score (nSPS) is 44.3. The topological polar surface area (TPSA) is 78.9 Å². The van der Waals surface area contributed by atoms with Crippen molar-refractivity contribution in [2.24, 2.45) is 50.2 Å². The van der Waals surface area contributed by atoms with Crippen LogP contribution < -0.4 is 0 Å². The van der Waals surface area contributed by atoms with Gasteiger partial charge in [0.1, 0.15) is 12.2 Å². The van der Waals surface area contributed by atoms with Gasteiger partial charge in [-0.2, -0.15) is 0 Å². The van der Waals surface area contributed by atoms with Crippen LogP contribution in [0, 0.1) is 50.2 Å². The summed E-state index contributed by atoms with van der Waals surface area (Å²) in [6.45, 7) is 22.1. The van der Waals surface area contributed by atoms with E-state index in [1.165, 1.54) is 19.4 Å². The summed E-state index contributed by atoms with van der Waals surface area (Å²) in [7, 11) is 0. The molecule has 6 heteroatoms. The number of ether oxygens (including phenoxy) is 3. The van der Waals surface area contributed by atoms with Crippen LogP contribution in [0.4, 0.5) is 0 Å². The van der Waals surface area contributed by atoms with Gasteiger partial charge in [-0.15, -0.1) is 0 Å². The van der Waals surface area contributed by atoms with Crippen LogP contribution in [0.1, 0.15) is 133 Å². The minimum Gasteiger partial charge on any atom is -0.465 e. The molecule has 0 aromatic rings. The van der Waals surface area contributed by atoms with Gasteiger partial charge in [-0.3, -0.25) is 14.4 Å². The SMILES string of the molecule is CCCOC(=O)[C@]12CCC(C)(C)C[C@H]1C1=CC[C@H]3[C@@]4(C)C[C@H](OC(C)=O)[C@H](OC(C)=O)C(C)(C)[C@@H]4CC[C@]3(C)[C@]1(C)CC2. The molecule has 0 unspecified atom stereocenters. The number of hydrogen-bond donors (Lipinski definition) is 0. The molecule has 0 aromatic carbocycles. The molecule has 242 valence electrons. The summed E-state index contributed by atoms with van der Waals surface area (Å²) in [5.74, 6) is 0.320. The second-order valence-corrected chi connectivity index (χ2v) is 17.2. The molecule has 43 heavy (non-hydrogen) atoms. The van der Waals surface area contributed by atoms with Crippen molar-refractivity contribution in [3.63, 3.8) is 0 Å². The van der Waals surface area contributed by atoms with Crippen LogP contribution in [0.15, 0.2) is 11.6 Å². The smallest absolute Gasteiger partial charge is 0.312 e. The van der Waals surface area contributed by atoms with Crippen LogP contribution in [0.5, 0.6) is 0 Å². The lowest BCUT2D eigenvalue weighted by atomic mass is 9.33. The van der Waals surface area contributed by atoms with Crippen LogP contribution in [-0.4, -0.2) is 36.7 Å². The zero-order chi connectivity index (χ0) is 31.8. The third kappa shape index (κ3) is 4.82. The highest BCUT2D eigenvalue weighted by atomic mass is 16.6. The molecule has 0 aliphatic heterocycles. The highest BCUT2D eigenvalue weighted by Crippen LogP contribution is 2.76. The lowest BCUT2D eigenvalue weighted by molar-refractivity contribution is -0.244. The predicted octanol–water partition coefficient (Wildman–Crippen LogP) is 8.21. The Bertz CT molecular complexity index is 1180. The van der Waals surface area contributed by atoms with Crippen LogP contribution in [-0.2, 0) is 28.6 Å². The second kappa shape index (κ2) is 10.6. The highest BCUT2D eigenvalue weighted by molar-refractivity contribution is 5.79. The van der Waals surface area contributed by atoms with E-state index in [-0.39, 0.29) is 50.9 Å². The molecule has 0 radical (unpaired) electrons. The zero-order valence-electron chi connectivity index (χ0n) is 28.7. The Morgan fingerprint density at radius 3 is 2.12 bits per heavy atom. The van der Waals surface area contributed by atoms with Crippen LogP contribution in [0.3, 0.4) is 0 Å². The van der Waals surface area contributed by atoms with Crippen molar-refractivity contribution in [2.45, 2.75) is 146 Å². The number of allylic oxidation sites excluding steroid dienone is 2. The van der Waals surface area contributed by atoms with E-state index >= 15 is 0 Å². The zero-order valence-corrected chi connectivity index (χ0v) is 28.7. The second-order valence-electron chi connectivity index (χ2n) is 17.2. The molecule has 0 aromatic heterocycles. The molecule has 0 heterocycles. The van der Waals surface area contributed by atoms with Crippen molar-refractivity contribution in [3.8, 4) is 0 Å². The first-order chi connectivity index (χ1) is 19.9. The van der Waals surface area contributed by atoms with Crippen molar-refractivity contribution in [1.82, 2.24) is 0 Å². The van der Waals surface area contributed by atoms with E-state index in [1.54, 1.807) is 0 Å². The summed E-state index contributed by atoms with van der Waals surface area (Å²) in [5, 5.41) is 0. The van der Waals surface area contributed by atoms with Gasteiger partial charge in [0, 0.05) is 19.3 Å². The highest BCUT2D eigenvalue weighted by Gasteiger charge is 2.71. The number of carbonyl (C=O) groups excluding carboxylic acids is 3. The Kier molecular flexibility index (Phi) is 8.03. The van der Waals surface area contributed by atoms with Crippen molar-refractivity contribution in [3.05, 3.63) is 11.6 Å². The summed E-state index contributed by atoms with van der Waals surface area (Å²) in [6, 6.07) is 0. The van der Waals surface area contributed by atoms with Crippen LogP contribution in [0.2, 0.25) is 0 Å². The van der Waals surface area contributed by atoms with Gasteiger partial charge < -0.3 is 14.2 Å². The summed E-state index contributed by atoms with van der Waals surface area (Å²) in [5.41, 5.74) is 0.868. The molecule has 5 rings (SSSR count). The largest absolute Gasteiger partial charge is 0.465 e. The lowest BCUT2D eigenvalue weighted by Crippen LogP contribution is -2.67. The molecule has 5 aliphatic carbocycles. The number of carbonyl (C=O) groups is 3. The van der Waals surface area contributed by atoms with Gasteiger partial charge in [0.25, 0.3) is 0 Å². The fraction of sp³-hybridized carbons (Fsp3) is 0.865. The van der Waals surface area contributed by atoms with Crippen LogP contribution in [0.25, 0.3) is 0 Å². The van der Waals surface area contributed by atoms with Gasteiger partial charge in [-0.25, -0.2) is 0 Å². The third-order valence-corrected chi connectivity index (χ3v) is 14.0. The van der Waals surface area contributed by atoms with E-state index in [4.69, 9.17) is 14.2 Å². The average molecular weight is 599 g/mol. The Morgan fingerprint density at radius 2 is 1.49 bits per heavy atom. The summed E-state index contributed by atoms with van der Waals surface area (Å²) in [6.07, 6.45) is 11.2. The number of hydrogen-bond acceptors (Lipinski definition) is 6. The molecule has 5 aliphatic rings. The van der Waals surface area contributed by atoms with E-state index in [2.05, 4.69) is 61.5 Å². The predicted molar refractivity (Wildman–Crippen MR) is 167 cm³/mol. The Balaban J connectivity index is 1.57. The van der Waals surface area contributed by atoms with E-state index in [1.807, 2.05) is 0 Å². The number of rotatable bonds is 5. The van der Waals surface area contributed by atoms with E-state index in [9.17, 15) is 14.4 Å². The summed E-state index contributed by atoms with van der Waals surface area (Å²) < 4.78 is 17.9.